The third-order valence-corrected chi connectivity index (χ3v) is 7.30. The third-order valence-electron chi connectivity index (χ3n) is 6.71. The van der Waals surface area contributed by atoms with Crippen molar-refractivity contribution < 1.29 is 4.79 Å². The van der Waals surface area contributed by atoms with Crippen LogP contribution in [0.3, 0.4) is 0 Å². The standard InChI is InChI=1S/C27H26BrN3O2.BrH/c1-17-4-6-21-20(13-17)5-7-22-26(30-16-23(28)27(22)33)25(21)19-8-11-31(12-9-19)24(32)14-18-3-2-10-29-15-18;/h2-4,6,10,13,15-16H,5,7-9,11-12,14H2,1H3,(H,30,33);1H. The molecule has 3 heterocycles. The summed E-state index contributed by atoms with van der Waals surface area (Å²) in [6, 6.07) is 10.4. The molecule has 0 bridgehead atoms. The monoisotopic (exact) mass is 583 g/mol. The Morgan fingerprint density at radius 3 is 2.68 bits per heavy atom. The summed E-state index contributed by atoms with van der Waals surface area (Å²) in [6.07, 6.45) is 8.78. The number of amides is 1. The zero-order valence-corrected chi connectivity index (χ0v) is 22.4. The van der Waals surface area contributed by atoms with Crippen molar-refractivity contribution in [2.24, 2.45) is 0 Å². The highest BCUT2D eigenvalue weighted by molar-refractivity contribution is 9.10. The van der Waals surface area contributed by atoms with Crippen LogP contribution < -0.4 is 5.43 Å². The third kappa shape index (κ3) is 4.82. The van der Waals surface area contributed by atoms with Crippen LogP contribution in [0.2, 0.25) is 0 Å². The van der Waals surface area contributed by atoms with Gasteiger partial charge in [-0.2, -0.15) is 0 Å². The lowest BCUT2D eigenvalue weighted by Gasteiger charge is -2.30. The van der Waals surface area contributed by atoms with Crippen LogP contribution in [0.1, 0.15) is 46.4 Å². The molecule has 176 valence electrons. The number of nitrogens with one attached hydrogen (secondary N) is 1. The highest BCUT2D eigenvalue weighted by Crippen LogP contribution is 2.37. The Morgan fingerprint density at radius 2 is 1.94 bits per heavy atom. The van der Waals surface area contributed by atoms with Gasteiger partial charge in [0.05, 0.1) is 16.6 Å². The lowest BCUT2D eigenvalue weighted by atomic mass is 9.88. The van der Waals surface area contributed by atoms with Crippen molar-refractivity contribution >= 4 is 44.4 Å². The molecule has 0 spiro atoms. The first kappa shape index (κ1) is 24.6. The van der Waals surface area contributed by atoms with E-state index in [4.69, 9.17) is 0 Å². The summed E-state index contributed by atoms with van der Waals surface area (Å²) in [4.78, 5) is 35.3. The van der Waals surface area contributed by atoms with Gasteiger partial charge in [-0.25, -0.2) is 0 Å². The Labute approximate surface area is 218 Å². The molecule has 0 radical (unpaired) electrons. The SMILES string of the molecule is Br.Cc1ccc2c(c1)CCc1c([nH]cc(Br)c1=O)C2=C1CCN(C(=O)Cc2cccnc2)CC1. The van der Waals surface area contributed by atoms with Gasteiger partial charge in [-0.1, -0.05) is 35.4 Å². The smallest absolute Gasteiger partial charge is 0.227 e. The highest BCUT2D eigenvalue weighted by Gasteiger charge is 2.27. The number of aromatic nitrogens is 2. The molecule has 2 aromatic heterocycles. The first-order valence-corrected chi connectivity index (χ1v) is 12.2. The number of hydrogen-bond donors (Lipinski definition) is 1. The van der Waals surface area contributed by atoms with Crippen molar-refractivity contribution in [3.8, 4) is 0 Å². The summed E-state index contributed by atoms with van der Waals surface area (Å²) in [5.74, 6) is 0.140. The lowest BCUT2D eigenvalue weighted by Crippen LogP contribution is -2.37. The molecule has 5 rings (SSSR count). The van der Waals surface area contributed by atoms with Gasteiger partial charge >= 0.3 is 0 Å². The van der Waals surface area contributed by atoms with Crippen LogP contribution in [0, 0.1) is 6.92 Å². The number of H-pyrrole nitrogens is 1. The van der Waals surface area contributed by atoms with Gasteiger partial charge in [0.15, 0.2) is 5.43 Å². The number of carbonyl (C=O) groups excluding carboxylic acids is 1. The van der Waals surface area contributed by atoms with Crippen molar-refractivity contribution in [3.05, 3.63) is 103 Å². The molecule has 1 aromatic carbocycles. The Bertz CT molecular complexity index is 1310. The van der Waals surface area contributed by atoms with Gasteiger partial charge in [-0.15, -0.1) is 17.0 Å². The summed E-state index contributed by atoms with van der Waals surface area (Å²) in [7, 11) is 0. The highest BCUT2D eigenvalue weighted by atomic mass is 79.9. The van der Waals surface area contributed by atoms with Gasteiger partial charge in [-0.05, 0) is 71.3 Å². The number of aryl methyl sites for hydroxylation is 2. The fourth-order valence-corrected chi connectivity index (χ4v) is 5.36. The van der Waals surface area contributed by atoms with E-state index in [2.05, 4.69) is 51.0 Å². The largest absolute Gasteiger partial charge is 0.360 e. The second-order valence-corrected chi connectivity index (χ2v) is 9.73. The van der Waals surface area contributed by atoms with Gasteiger partial charge in [0.25, 0.3) is 0 Å². The van der Waals surface area contributed by atoms with E-state index in [-0.39, 0.29) is 28.3 Å². The van der Waals surface area contributed by atoms with E-state index in [1.165, 1.54) is 22.3 Å². The van der Waals surface area contributed by atoms with Crippen LogP contribution >= 0.6 is 32.9 Å². The summed E-state index contributed by atoms with van der Waals surface area (Å²) < 4.78 is 0.573. The fraction of sp³-hybridized carbons (Fsp3) is 0.296. The summed E-state index contributed by atoms with van der Waals surface area (Å²) in [5, 5.41) is 0. The maximum Gasteiger partial charge on any atom is 0.227 e. The molecule has 1 amide bonds. The predicted molar refractivity (Wildman–Crippen MR) is 143 cm³/mol. The van der Waals surface area contributed by atoms with E-state index in [1.54, 1.807) is 18.6 Å². The summed E-state index contributed by atoms with van der Waals surface area (Å²) in [6.45, 7) is 3.49. The topological polar surface area (TPSA) is 66.1 Å². The minimum atomic E-state index is 0. The predicted octanol–water partition coefficient (Wildman–Crippen LogP) is 5.18. The average Bonchev–Trinajstić information content (AvgIpc) is 2.99. The molecule has 34 heavy (non-hydrogen) atoms. The zero-order chi connectivity index (χ0) is 22.9. The molecule has 1 fully saturated rings. The number of carbonyl (C=O) groups is 1. The molecular weight excluding hydrogens is 558 g/mol. The number of likely N-dealkylation sites (tertiary alicyclic amines) is 1. The first-order chi connectivity index (χ1) is 16.0. The van der Waals surface area contributed by atoms with E-state index in [1.807, 2.05) is 17.0 Å². The number of pyridine rings is 2. The van der Waals surface area contributed by atoms with Crippen LogP contribution in [0.15, 0.2) is 63.8 Å². The molecule has 3 aromatic rings. The maximum atomic E-state index is 13.0. The van der Waals surface area contributed by atoms with Gasteiger partial charge in [0.2, 0.25) is 5.91 Å². The van der Waals surface area contributed by atoms with Gasteiger partial charge in [0, 0.05) is 42.8 Å². The second kappa shape index (κ2) is 10.4. The first-order valence-electron chi connectivity index (χ1n) is 11.4. The van der Waals surface area contributed by atoms with E-state index in [0.717, 1.165) is 41.7 Å². The number of benzene rings is 1. The van der Waals surface area contributed by atoms with Gasteiger partial charge in [-0.3, -0.25) is 14.6 Å². The van der Waals surface area contributed by atoms with Crippen LogP contribution in [0.4, 0.5) is 0 Å². The fourth-order valence-electron chi connectivity index (χ4n) is 5.01. The Hall–Kier alpha value is -2.51. The van der Waals surface area contributed by atoms with Crippen LogP contribution in [0.25, 0.3) is 5.57 Å². The van der Waals surface area contributed by atoms with Gasteiger partial charge < -0.3 is 9.88 Å². The van der Waals surface area contributed by atoms with E-state index in [9.17, 15) is 9.59 Å². The normalized spacial score (nSPS) is 15.2. The summed E-state index contributed by atoms with van der Waals surface area (Å²) >= 11 is 3.41. The quantitative estimate of drug-likeness (QED) is 0.451. The Kier molecular flexibility index (Phi) is 7.53. The zero-order valence-electron chi connectivity index (χ0n) is 19.1. The minimum absolute atomic E-state index is 0. The van der Waals surface area contributed by atoms with E-state index >= 15 is 0 Å². The average molecular weight is 585 g/mol. The molecule has 2 aliphatic rings. The molecule has 1 saturated heterocycles. The molecule has 0 saturated carbocycles. The van der Waals surface area contributed by atoms with E-state index < -0.39 is 0 Å². The van der Waals surface area contributed by atoms with Crippen molar-refractivity contribution in [3.63, 3.8) is 0 Å². The Morgan fingerprint density at radius 1 is 1.15 bits per heavy atom. The van der Waals surface area contributed by atoms with Crippen LogP contribution in [-0.4, -0.2) is 33.9 Å². The lowest BCUT2D eigenvalue weighted by molar-refractivity contribution is -0.130. The minimum Gasteiger partial charge on any atom is -0.360 e. The summed E-state index contributed by atoms with van der Waals surface area (Å²) in [5.41, 5.74) is 8.98. The molecule has 7 heteroatoms. The number of piperidine rings is 1. The molecule has 1 N–H and O–H groups in total. The molecule has 1 aliphatic heterocycles. The number of fused-ring (bicyclic) bond motifs is 2. The number of hydrogen-bond acceptors (Lipinski definition) is 3. The number of aromatic amines is 1. The molecule has 0 atom stereocenters. The number of rotatable bonds is 2. The Balaban J connectivity index is 0.00000274. The molecule has 0 unspecified atom stereocenters. The van der Waals surface area contributed by atoms with Crippen molar-refractivity contribution in [2.45, 2.75) is 39.0 Å². The van der Waals surface area contributed by atoms with Crippen LogP contribution in [0.5, 0.6) is 0 Å². The van der Waals surface area contributed by atoms with Crippen molar-refractivity contribution in [1.29, 1.82) is 0 Å². The number of nitrogens with zero attached hydrogens (tertiary/aromatic N) is 2. The maximum absolute atomic E-state index is 13.0. The van der Waals surface area contributed by atoms with Gasteiger partial charge in [0.1, 0.15) is 0 Å². The molecule has 5 nitrogen and oxygen atoms in total. The number of halogens is 2. The molecule has 1 aliphatic carbocycles. The second-order valence-electron chi connectivity index (χ2n) is 8.88. The van der Waals surface area contributed by atoms with Crippen molar-refractivity contribution in [2.75, 3.05) is 13.1 Å². The molecular formula is C27H27Br2N3O2. The van der Waals surface area contributed by atoms with Crippen molar-refractivity contribution in [1.82, 2.24) is 14.9 Å². The van der Waals surface area contributed by atoms with E-state index in [0.29, 0.717) is 30.4 Å². The van der Waals surface area contributed by atoms with Crippen LogP contribution in [-0.2, 0) is 24.1 Å².